The predicted octanol–water partition coefficient (Wildman–Crippen LogP) is 3.73. The molecular formula is C14H27N3. The van der Waals surface area contributed by atoms with E-state index in [-0.39, 0.29) is 0 Å². The second-order valence-electron chi connectivity index (χ2n) is 5.06. The highest BCUT2D eigenvalue weighted by atomic mass is 15.3. The predicted molar refractivity (Wildman–Crippen MR) is 74.2 cm³/mol. The van der Waals surface area contributed by atoms with E-state index in [1.807, 2.05) is 4.68 Å². The number of hydrogen-bond acceptors (Lipinski definition) is 2. The molecule has 0 fully saturated rings. The summed E-state index contributed by atoms with van der Waals surface area (Å²) in [5.74, 6) is 0.888. The van der Waals surface area contributed by atoms with Crippen LogP contribution in [0, 0.1) is 0 Å². The summed E-state index contributed by atoms with van der Waals surface area (Å²) in [5.41, 5.74) is 8.75. The Hall–Kier alpha value is -0.990. The number of anilines is 1. The number of nitrogens with zero attached hydrogens (tertiary/aromatic N) is 2. The van der Waals surface area contributed by atoms with Gasteiger partial charge in [0.1, 0.15) is 5.82 Å². The number of rotatable bonds is 7. The number of hydrogen-bond donors (Lipinski definition) is 1. The van der Waals surface area contributed by atoms with Crippen molar-refractivity contribution in [3.63, 3.8) is 0 Å². The van der Waals surface area contributed by atoms with Gasteiger partial charge in [0, 0.05) is 11.6 Å². The summed E-state index contributed by atoms with van der Waals surface area (Å²) in [5, 5.41) is 4.69. The molecule has 0 spiro atoms. The summed E-state index contributed by atoms with van der Waals surface area (Å²) in [6.07, 6.45) is 6.97. The summed E-state index contributed by atoms with van der Waals surface area (Å²) in [4.78, 5) is 0. The molecule has 0 aliphatic rings. The van der Waals surface area contributed by atoms with Gasteiger partial charge in [0.05, 0.1) is 5.69 Å². The highest BCUT2D eigenvalue weighted by Crippen LogP contribution is 2.24. The van der Waals surface area contributed by atoms with Crippen molar-refractivity contribution in [3.8, 4) is 0 Å². The fourth-order valence-corrected chi connectivity index (χ4v) is 2.10. The van der Waals surface area contributed by atoms with E-state index in [1.165, 1.54) is 36.9 Å². The Balaban J connectivity index is 2.94. The third-order valence-electron chi connectivity index (χ3n) is 3.17. The molecule has 1 aromatic rings. The van der Waals surface area contributed by atoms with Crippen LogP contribution in [0.4, 0.5) is 5.82 Å². The zero-order valence-electron chi connectivity index (χ0n) is 11.8. The zero-order chi connectivity index (χ0) is 12.8. The van der Waals surface area contributed by atoms with Gasteiger partial charge in [0.2, 0.25) is 0 Å². The summed E-state index contributed by atoms with van der Waals surface area (Å²) < 4.78 is 1.98. The third kappa shape index (κ3) is 3.48. The number of aryl methyl sites for hydroxylation is 1. The first-order chi connectivity index (χ1) is 8.11. The van der Waals surface area contributed by atoms with Crippen molar-refractivity contribution < 1.29 is 0 Å². The van der Waals surface area contributed by atoms with Crippen molar-refractivity contribution >= 4 is 5.82 Å². The lowest BCUT2D eigenvalue weighted by atomic mass is 10.0. The van der Waals surface area contributed by atoms with Gasteiger partial charge in [0.25, 0.3) is 0 Å². The van der Waals surface area contributed by atoms with Gasteiger partial charge < -0.3 is 5.73 Å². The van der Waals surface area contributed by atoms with Gasteiger partial charge in [-0.25, -0.2) is 4.68 Å². The molecule has 1 heterocycles. The van der Waals surface area contributed by atoms with Crippen molar-refractivity contribution in [2.24, 2.45) is 0 Å². The van der Waals surface area contributed by atoms with Gasteiger partial charge in [-0.3, -0.25) is 0 Å². The van der Waals surface area contributed by atoms with Crippen LogP contribution in [0.2, 0.25) is 0 Å². The van der Waals surface area contributed by atoms with E-state index in [0.29, 0.717) is 6.04 Å². The Bertz CT molecular complexity index is 339. The maximum atomic E-state index is 6.22. The van der Waals surface area contributed by atoms with Crippen LogP contribution < -0.4 is 5.73 Å². The Morgan fingerprint density at radius 3 is 2.24 bits per heavy atom. The first kappa shape index (κ1) is 14.1. The third-order valence-corrected chi connectivity index (χ3v) is 3.17. The van der Waals surface area contributed by atoms with Gasteiger partial charge in [-0.15, -0.1) is 0 Å². The van der Waals surface area contributed by atoms with E-state index < -0.39 is 0 Å². The standard InChI is InChI=1S/C14H27N3/c1-5-7-9-12-13(10-8-6-2)16-17(11(3)4)14(12)15/h11H,5-10,15H2,1-4H3. The normalized spacial score (nSPS) is 11.4. The molecule has 0 saturated carbocycles. The van der Waals surface area contributed by atoms with E-state index in [4.69, 9.17) is 10.8 Å². The molecular weight excluding hydrogens is 210 g/mol. The van der Waals surface area contributed by atoms with Crippen LogP contribution in [0.25, 0.3) is 0 Å². The number of nitrogens with two attached hydrogens (primary N) is 1. The molecule has 0 saturated heterocycles. The Morgan fingerprint density at radius 2 is 1.71 bits per heavy atom. The lowest BCUT2D eigenvalue weighted by Crippen LogP contribution is -2.07. The van der Waals surface area contributed by atoms with Crippen molar-refractivity contribution in [1.82, 2.24) is 9.78 Å². The molecule has 0 aromatic carbocycles. The molecule has 0 aliphatic carbocycles. The lowest BCUT2D eigenvalue weighted by molar-refractivity contribution is 0.532. The van der Waals surface area contributed by atoms with Crippen LogP contribution >= 0.6 is 0 Å². The summed E-state index contributed by atoms with van der Waals surface area (Å²) >= 11 is 0. The molecule has 1 aromatic heterocycles. The molecule has 0 aliphatic heterocycles. The summed E-state index contributed by atoms with van der Waals surface area (Å²) in [6, 6.07) is 0.353. The van der Waals surface area contributed by atoms with E-state index in [1.54, 1.807) is 0 Å². The van der Waals surface area contributed by atoms with Crippen LogP contribution in [0.5, 0.6) is 0 Å². The minimum Gasteiger partial charge on any atom is -0.384 e. The molecule has 3 heteroatoms. The topological polar surface area (TPSA) is 43.8 Å². The average molecular weight is 237 g/mol. The zero-order valence-corrected chi connectivity index (χ0v) is 11.8. The van der Waals surface area contributed by atoms with Crippen LogP contribution in [0.3, 0.4) is 0 Å². The fourth-order valence-electron chi connectivity index (χ4n) is 2.10. The highest BCUT2D eigenvalue weighted by Gasteiger charge is 2.15. The summed E-state index contributed by atoms with van der Waals surface area (Å²) in [6.45, 7) is 8.70. The van der Waals surface area contributed by atoms with Crippen molar-refractivity contribution in [2.75, 3.05) is 5.73 Å². The summed E-state index contributed by atoms with van der Waals surface area (Å²) in [7, 11) is 0. The first-order valence-corrected chi connectivity index (χ1v) is 6.97. The van der Waals surface area contributed by atoms with Crippen LogP contribution in [0.1, 0.15) is 70.7 Å². The average Bonchev–Trinajstić information content (AvgIpc) is 2.61. The molecule has 0 unspecified atom stereocenters. The maximum Gasteiger partial charge on any atom is 0.125 e. The Labute approximate surface area is 105 Å². The van der Waals surface area contributed by atoms with Gasteiger partial charge >= 0.3 is 0 Å². The van der Waals surface area contributed by atoms with Gasteiger partial charge in [0.15, 0.2) is 0 Å². The molecule has 2 N–H and O–H groups in total. The maximum absolute atomic E-state index is 6.22. The monoisotopic (exact) mass is 237 g/mol. The van der Waals surface area contributed by atoms with Crippen molar-refractivity contribution in [3.05, 3.63) is 11.3 Å². The molecule has 0 radical (unpaired) electrons. The van der Waals surface area contributed by atoms with Crippen LogP contribution in [0.15, 0.2) is 0 Å². The van der Waals surface area contributed by atoms with E-state index in [9.17, 15) is 0 Å². The number of unbranched alkanes of at least 4 members (excludes halogenated alkanes) is 2. The minimum atomic E-state index is 0.353. The van der Waals surface area contributed by atoms with Crippen molar-refractivity contribution in [2.45, 2.75) is 72.3 Å². The fraction of sp³-hybridized carbons (Fsp3) is 0.786. The lowest BCUT2D eigenvalue weighted by Gasteiger charge is -2.07. The van der Waals surface area contributed by atoms with Gasteiger partial charge in [-0.05, 0) is 39.5 Å². The van der Waals surface area contributed by atoms with Gasteiger partial charge in [-0.1, -0.05) is 26.7 Å². The van der Waals surface area contributed by atoms with E-state index in [0.717, 1.165) is 18.7 Å². The van der Waals surface area contributed by atoms with Crippen LogP contribution in [-0.4, -0.2) is 9.78 Å². The molecule has 0 atom stereocenters. The smallest absolute Gasteiger partial charge is 0.125 e. The van der Waals surface area contributed by atoms with Gasteiger partial charge in [-0.2, -0.15) is 5.10 Å². The first-order valence-electron chi connectivity index (χ1n) is 6.97. The molecule has 0 amide bonds. The largest absolute Gasteiger partial charge is 0.384 e. The van der Waals surface area contributed by atoms with Crippen molar-refractivity contribution in [1.29, 1.82) is 0 Å². The minimum absolute atomic E-state index is 0.353. The quantitative estimate of drug-likeness (QED) is 0.785. The second-order valence-corrected chi connectivity index (χ2v) is 5.06. The molecule has 17 heavy (non-hydrogen) atoms. The molecule has 3 nitrogen and oxygen atoms in total. The van der Waals surface area contributed by atoms with E-state index in [2.05, 4.69) is 27.7 Å². The molecule has 0 bridgehead atoms. The SMILES string of the molecule is CCCCc1nn(C(C)C)c(N)c1CCCC. The molecule has 1 rings (SSSR count). The van der Waals surface area contributed by atoms with E-state index >= 15 is 0 Å². The number of aromatic nitrogens is 2. The molecule has 98 valence electrons. The number of nitrogen functional groups attached to an aromatic ring is 1. The highest BCUT2D eigenvalue weighted by molar-refractivity contribution is 5.44. The Morgan fingerprint density at radius 1 is 1.12 bits per heavy atom. The Kier molecular flexibility index (Phi) is 5.52. The van der Waals surface area contributed by atoms with Crippen LogP contribution in [-0.2, 0) is 12.8 Å². The second kappa shape index (κ2) is 6.67.